The molecule has 0 aliphatic heterocycles. The van der Waals surface area contributed by atoms with Gasteiger partial charge in [-0.2, -0.15) is 0 Å². The molecule has 0 aliphatic rings. The third-order valence-corrected chi connectivity index (χ3v) is 4.14. The Balaban J connectivity index is 1.97. The van der Waals surface area contributed by atoms with E-state index in [9.17, 15) is 4.79 Å². The van der Waals surface area contributed by atoms with Crippen molar-refractivity contribution in [1.29, 1.82) is 0 Å². The number of para-hydroxylation sites is 1. The molecule has 3 rings (SSSR count). The third kappa shape index (κ3) is 2.27. The van der Waals surface area contributed by atoms with Crippen LogP contribution in [0.25, 0.3) is 21.9 Å². The first-order chi connectivity index (χ1) is 10.6. The zero-order valence-corrected chi connectivity index (χ0v) is 13.2. The molecule has 0 saturated heterocycles. The van der Waals surface area contributed by atoms with Crippen LogP contribution in [0.5, 0.6) is 0 Å². The van der Waals surface area contributed by atoms with Crippen molar-refractivity contribution in [2.24, 2.45) is 14.1 Å². The van der Waals surface area contributed by atoms with Gasteiger partial charge in [0.05, 0.1) is 16.6 Å². The number of aromatic nitrogens is 2. The van der Waals surface area contributed by atoms with Gasteiger partial charge >= 0.3 is 0 Å². The average Bonchev–Trinajstić information content (AvgIpc) is 3.01. The standard InChI is InChI=1S/C17H21N3O2/c1-19-13-8-5-4-7-12(13)16-14(19)11-15(20(16)2)17(21)18-9-6-10-22-3/h4-5,7-8,11H,6,9-10H2,1-3H3,(H,18,21). The summed E-state index contributed by atoms with van der Waals surface area (Å²) in [7, 11) is 5.64. The number of fused-ring (bicyclic) bond motifs is 3. The van der Waals surface area contributed by atoms with Crippen LogP contribution in [-0.2, 0) is 18.8 Å². The number of nitrogens with one attached hydrogen (secondary N) is 1. The van der Waals surface area contributed by atoms with E-state index in [0.29, 0.717) is 18.8 Å². The van der Waals surface area contributed by atoms with Gasteiger partial charge < -0.3 is 19.2 Å². The van der Waals surface area contributed by atoms with E-state index in [-0.39, 0.29) is 5.91 Å². The molecule has 0 unspecified atom stereocenters. The average molecular weight is 299 g/mol. The summed E-state index contributed by atoms with van der Waals surface area (Å²) < 4.78 is 9.10. The Morgan fingerprint density at radius 2 is 1.95 bits per heavy atom. The lowest BCUT2D eigenvalue weighted by Gasteiger charge is -2.06. The molecule has 1 amide bonds. The first-order valence-electron chi connectivity index (χ1n) is 7.45. The molecule has 22 heavy (non-hydrogen) atoms. The van der Waals surface area contributed by atoms with Gasteiger partial charge in [-0.05, 0) is 18.6 Å². The number of hydrogen-bond acceptors (Lipinski definition) is 2. The van der Waals surface area contributed by atoms with Gasteiger partial charge in [0.25, 0.3) is 5.91 Å². The number of rotatable bonds is 5. The molecule has 1 N–H and O–H groups in total. The maximum Gasteiger partial charge on any atom is 0.267 e. The fraction of sp³-hybridized carbons (Fsp3) is 0.353. The van der Waals surface area contributed by atoms with E-state index in [0.717, 1.165) is 17.5 Å². The van der Waals surface area contributed by atoms with Gasteiger partial charge in [-0.25, -0.2) is 0 Å². The van der Waals surface area contributed by atoms with Crippen LogP contribution in [0.2, 0.25) is 0 Å². The molecule has 0 saturated carbocycles. The first-order valence-corrected chi connectivity index (χ1v) is 7.45. The number of amides is 1. The van der Waals surface area contributed by atoms with Crippen molar-refractivity contribution in [1.82, 2.24) is 14.5 Å². The lowest BCUT2D eigenvalue weighted by atomic mass is 10.2. The van der Waals surface area contributed by atoms with Crippen LogP contribution in [0.3, 0.4) is 0 Å². The maximum atomic E-state index is 12.4. The first kappa shape index (κ1) is 14.7. The predicted octanol–water partition coefficient (Wildman–Crippen LogP) is 2.44. The molecule has 3 aromatic rings. The van der Waals surface area contributed by atoms with E-state index in [2.05, 4.69) is 22.0 Å². The summed E-state index contributed by atoms with van der Waals surface area (Å²) in [6.07, 6.45) is 0.815. The second-order valence-electron chi connectivity index (χ2n) is 5.50. The van der Waals surface area contributed by atoms with Crippen molar-refractivity contribution in [3.8, 4) is 0 Å². The molecule has 0 radical (unpaired) electrons. The quantitative estimate of drug-likeness (QED) is 0.736. The molecular weight excluding hydrogens is 278 g/mol. The van der Waals surface area contributed by atoms with Crippen molar-refractivity contribution >= 4 is 27.8 Å². The van der Waals surface area contributed by atoms with Gasteiger partial charge in [0.15, 0.2) is 0 Å². The molecule has 0 atom stereocenters. The molecule has 0 aliphatic carbocycles. The number of nitrogens with zero attached hydrogens (tertiary/aromatic N) is 2. The molecule has 5 nitrogen and oxygen atoms in total. The van der Waals surface area contributed by atoms with Crippen LogP contribution in [0, 0.1) is 0 Å². The number of ether oxygens (including phenoxy) is 1. The third-order valence-electron chi connectivity index (χ3n) is 4.14. The summed E-state index contributed by atoms with van der Waals surface area (Å²) in [4.78, 5) is 12.4. The fourth-order valence-electron chi connectivity index (χ4n) is 2.98. The lowest BCUT2D eigenvalue weighted by Crippen LogP contribution is -2.26. The Morgan fingerprint density at radius 3 is 2.73 bits per heavy atom. The Kier molecular flexibility index (Phi) is 3.90. The summed E-state index contributed by atoms with van der Waals surface area (Å²) in [6.45, 7) is 1.27. The highest BCUT2D eigenvalue weighted by Crippen LogP contribution is 2.30. The number of carbonyl (C=O) groups excluding carboxylic acids is 1. The van der Waals surface area contributed by atoms with Crippen LogP contribution in [0.15, 0.2) is 30.3 Å². The van der Waals surface area contributed by atoms with E-state index in [1.54, 1.807) is 7.11 Å². The normalized spacial score (nSPS) is 11.4. The summed E-state index contributed by atoms with van der Waals surface area (Å²) in [5.41, 5.74) is 4.03. The maximum absolute atomic E-state index is 12.4. The smallest absolute Gasteiger partial charge is 0.267 e. The van der Waals surface area contributed by atoms with E-state index < -0.39 is 0 Å². The van der Waals surface area contributed by atoms with E-state index in [4.69, 9.17) is 4.74 Å². The van der Waals surface area contributed by atoms with Gasteiger partial charge in [-0.1, -0.05) is 18.2 Å². The second-order valence-corrected chi connectivity index (χ2v) is 5.50. The van der Waals surface area contributed by atoms with E-state index in [1.165, 1.54) is 10.9 Å². The minimum absolute atomic E-state index is 0.0427. The van der Waals surface area contributed by atoms with Crippen molar-refractivity contribution in [2.45, 2.75) is 6.42 Å². The highest BCUT2D eigenvalue weighted by Gasteiger charge is 2.18. The summed E-state index contributed by atoms with van der Waals surface area (Å²) in [5.74, 6) is -0.0427. The molecule has 0 fully saturated rings. The van der Waals surface area contributed by atoms with Gasteiger partial charge in [0.1, 0.15) is 5.69 Å². The Morgan fingerprint density at radius 1 is 1.18 bits per heavy atom. The number of hydrogen-bond donors (Lipinski definition) is 1. The van der Waals surface area contributed by atoms with Crippen LogP contribution in [0.4, 0.5) is 0 Å². The topological polar surface area (TPSA) is 48.2 Å². The Labute approximate surface area is 129 Å². The van der Waals surface area contributed by atoms with Crippen molar-refractivity contribution in [3.05, 3.63) is 36.0 Å². The number of methoxy groups -OCH3 is 1. The molecule has 116 valence electrons. The number of aryl methyl sites for hydroxylation is 2. The molecule has 0 bridgehead atoms. The molecule has 2 heterocycles. The monoisotopic (exact) mass is 299 g/mol. The molecular formula is C17H21N3O2. The molecule has 5 heteroatoms. The molecule has 2 aromatic heterocycles. The van der Waals surface area contributed by atoms with Gasteiger partial charge in [0.2, 0.25) is 0 Å². The molecule has 1 aromatic carbocycles. The van der Waals surface area contributed by atoms with Gasteiger partial charge in [-0.15, -0.1) is 0 Å². The second kappa shape index (κ2) is 5.85. The van der Waals surface area contributed by atoms with E-state index in [1.807, 2.05) is 36.9 Å². The van der Waals surface area contributed by atoms with Crippen molar-refractivity contribution in [3.63, 3.8) is 0 Å². The van der Waals surface area contributed by atoms with Crippen LogP contribution >= 0.6 is 0 Å². The van der Waals surface area contributed by atoms with Gasteiger partial charge in [0, 0.05) is 39.7 Å². The van der Waals surface area contributed by atoms with Crippen LogP contribution in [-0.4, -0.2) is 35.3 Å². The lowest BCUT2D eigenvalue weighted by molar-refractivity contribution is 0.0941. The Hall–Kier alpha value is -2.27. The number of carbonyl (C=O) groups is 1. The van der Waals surface area contributed by atoms with Crippen molar-refractivity contribution in [2.75, 3.05) is 20.3 Å². The fourth-order valence-corrected chi connectivity index (χ4v) is 2.98. The Bertz CT molecular complexity index is 829. The summed E-state index contributed by atoms with van der Waals surface area (Å²) in [6, 6.07) is 10.2. The van der Waals surface area contributed by atoms with Crippen LogP contribution in [0.1, 0.15) is 16.9 Å². The zero-order valence-electron chi connectivity index (χ0n) is 13.2. The highest BCUT2D eigenvalue weighted by atomic mass is 16.5. The summed E-state index contributed by atoms with van der Waals surface area (Å²) in [5, 5.41) is 4.11. The zero-order chi connectivity index (χ0) is 15.7. The largest absolute Gasteiger partial charge is 0.385 e. The van der Waals surface area contributed by atoms with Crippen LogP contribution < -0.4 is 5.32 Å². The van der Waals surface area contributed by atoms with E-state index >= 15 is 0 Å². The predicted molar refractivity (Wildman–Crippen MR) is 88.2 cm³/mol. The summed E-state index contributed by atoms with van der Waals surface area (Å²) >= 11 is 0. The highest BCUT2D eigenvalue weighted by molar-refractivity contribution is 6.10. The van der Waals surface area contributed by atoms with Crippen molar-refractivity contribution < 1.29 is 9.53 Å². The minimum atomic E-state index is -0.0427. The van der Waals surface area contributed by atoms with Gasteiger partial charge in [-0.3, -0.25) is 4.79 Å². The number of benzene rings is 1. The minimum Gasteiger partial charge on any atom is -0.385 e. The molecule has 0 spiro atoms. The SMILES string of the molecule is COCCCNC(=O)c1cc2c(c3ccccc3n2C)n1C.